The van der Waals surface area contributed by atoms with E-state index in [0.29, 0.717) is 10.7 Å². The second-order valence-corrected chi connectivity index (χ2v) is 3.75. The van der Waals surface area contributed by atoms with Crippen LogP contribution in [0.3, 0.4) is 0 Å². The highest BCUT2D eigenvalue weighted by Gasteiger charge is 2.19. The summed E-state index contributed by atoms with van der Waals surface area (Å²) in [6, 6.07) is 3.31. The van der Waals surface area contributed by atoms with E-state index in [9.17, 15) is 4.79 Å². The fourth-order valence-electron chi connectivity index (χ4n) is 1.64. The molecule has 1 aliphatic rings. The number of amides is 1. The smallest absolute Gasteiger partial charge is 0.254 e. The Labute approximate surface area is 87.7 Å². The van der Waals surface area contributed by atoms with Gasteiger partial charge in [-0.15, -0.1) is 0 Å². The van der Waals surface area contributed by atoms with Gasteiger partial charge in [-0.3, -0.25) is 4.79 Å². The second-order valence-electron chi connectivity index (χ2n) is 3.37. The molecule has 0 unspecified atom stereocenters. The van der Waals surface area contributed by atoms with Crippen LogP contribution in [0.25, 0.3) is 0 Å². The van der Waals surface area contributed by atoms with Gasteiger partial charge >= 0.3 is 0 Å². The monoisotopic (exact) mass is 210 g/mol. The number of hydrogen-bond acceptors (Lipinski definition) is 2. The zero-order valence-corrected chi connectivity index (χ0v) is 8.50. The van der Waals surface area contributed by atoms with Gasteiger partial charge in [-0.25, -0.2) is 4.98 Å². The van der Waals surface area contributed by atoms with Crippen molar-refractivity contribution in [2.75, 3.05) is 13.1 Å². The quantitative estimate of drug-likeness (QED) is 0.664. The first-order chi connectivity index (χ1) is 6.77. The topological polar surface area (TPSA) is 33.2 Å². The van der Waals surface area contributed by atoms with Crippen molar-refractivity contribution in [1.82, 2.24) is 9.88 Å². The summed E-state index contributed by atoms with van der Waals surface area (Å²) in [5.41, 5.74) is 0.631. The van der Waals surface area contributed by atoms with Crippen molar-refractivity contribution in [2.24, 2.45) is 0 Å². The highest BCUT2D eigenvalue weighted by atomic mass is 35.5. The molecule has 0 saturated carbocycles. The fourth-order valence-corrected chi connectivity index (χ4v) is 1.81. The lowest BCUT2D eigenvalue weighted by Gasteiger charge is -2.14. The van der Waals surface area contributed by atoms with E-state index in [1.54, 1.807) is 18.3 Å². The highest BCUT2D eigenvalue weighted by molar-refractivity contribution is 6.29. The minimum atomic E-state index is 0.0619. The molecule has 0 N–H and O–H groups in total. The first kappa shape index (κ1) is 9.46. The van der Waals surface area contributed by atoms with Crippen molar-refractivity contribution in [3.8, 4) is 0 Å². The van der Waals surface area contributed by atoms with Gasteiger partial charge in [0.15, 0.2) is 0 Å². The molecule has 4 heteroatoms. The number of carbonyl (C=O) groups excluding carboxylic acids is 1. The molecule has 1 saturated heterocycles. The Morgan fingerprint density at radius 3 is 2.79 bits per heavy atom. The second kappa shape index (κ2) is 3.96. The Balaban J connectivity index is 2.17. The van der Waals surface area contributed by atoms with Gasteiger partial charge in [0.25, 0.3) is 5.91 Å². The summed E-state index contributed by atoms with van der Waals surface area (Å²) in [4.78, 5) is 17.5. The molecule has 0 aliphatic carbocycles. The SMILES string of the molecule is O=C(c1ccnc(Cl)c1)N1CCCC1. The summed E-state index contributed by atoms with van der Waals surface area (Å²) < 4.78 is 0. The lowest BCUT2D eigenvalue weighted by molar-refractivity contribution is 0.0792. The zero-order chi connectivity index (χ0) is 9.97. The number of halogens is 1. The third kappa shape index (κ3) is 1.87. The number of likely N-dealkylation sites (tertiary alicyclic amines) is 1. The minimum absolute atomic E-state index is 0.0619. The Kier molecular flexibility index (Phi) is 2.68. The number of rotatable bonds is 1. The van der Waals surface area contributed by atoms with Gasteiger partial charge in [0, 0.05) is 24.8 Å². The molecule has 0 radical (unpaired) electrons. The van der Waals surface area contributed by atoms with E-state index in [1.807, 2.05) is 4.90 Å². The van der Waals surface area contributed by atoms with Crippen LogP contribution >= 0.6 is 11.6 Å². The van der Waals surface area contributed by atoms with E-state index < -0.39 is 0 Å². The van der Waals surface area contributed by atoms with E-state index in [1.165, 1.54) is 0 Å². The van der Waals surface area contributed by atoms with Crippen molar-refractivity contribution < 1.29 is 4.79 Å². The molecule has 1 amide bonds. The average molecular weight is 211 g/mol. The van der Waals surface area contributed by atoms with E-state index in [2.05, 4.69) is 4.98 Å². The third-order valence-corrected chi connectivity index (χ3v) is 2.57. The van der Waals surface area contributed by atoms with Gasteiger partial charge in [-0.1, -0.05) is 11.6 Å². The van der Waals surface area contributed by atoms with Gasteiger partial charge in [-0.05, 0) is 25.0 Å². The van der Waals surface area contributed by atoms with Crippen LogP contribution in [-0.2, 0) is 0 Å². The summed E-state index contributed by atoms with van der Waals surface area (Å²) in [6.07, 6.45) is 3.76. The third-order valence-electron chi connectivity index (χ3n) is 2.37. The van der Waals surface area contributed by atoms with Gasteiger partial charge in [-0.2, -0.15) is 0 Å². The first-order valence-electron chi connectivity index (χ1n) is 4.68. The standard InChI is InChI=1S/C10H11ClN2O/c11-9-7-8(3-4-12-9)10(14)13-5-1-2-6-13/h3-4,7H,1-2,5-6H2. The van der Waals surface area contributed by atoms with Gasteiger partial charge in [0.05, 0.1) is 0 Å². The molecule has 1 aliphatic heterocycles. The van der Waals surface area contributed by atoms with Crippen LogP contribution in [0, 0.1) is 0 Å². The maximum absolute atomic E-state index is 11.8. The van der Waals surface area contributed by atoms with Crippen LogP contribution in [0.2, 0.25) is 5.15 Å². The van der Waals surface area contributed by atoms with Crippen LogP contribution in [-0.4, -0.2) is 28.9 Å². The molecule has 0 spiro atoms. The predicted octanol–water partition coefficient (Wildman–Crippen LogP) is 1.97. The Morgan fingerprint density at radius 1 is 1.43 bits per heavy atom. The van der Waals surface area contributed by atoms with Gasteiger partial charge in [0.1, 0.15) is 5.15 Å². The number of aromatic nitrogens is 1. The van der Waals surface area contributed by atoms with Crippen molar-refractivity contribution in [3.05, 3.63) is 29.0 Å². The number of pyridine rings is 1. The predicted molar refractivity (Wildman–Crippen MR) is 54.4 cm³/mol. The summed E-state index contributed by atoms with van der Waals surface area (Å²) in [5.74, 6) is 0.0619. The maximum Gasteiger partial charge on any atom is 0.254 e. The summed E-state index contributed by atoms with van der Waals surface area (Å²) in [5, 5.41) is 0.370. The summed E-state index contributed by atoms with van der Waals surface area (Å²) >= 11 is 5.71. The normalized spacial score (nSPS) is 15.9. The summed E-state index contributed by atoms with van der Waals surface area (Å²) in [7, 11) is 0. The Hall–Kier alpha value is -1.09. The molecular weight excluding hydrogens is 200 g/mol. The molecule has 2 rings (SSSR count). The average Bonchev–Trinajstić information content (AvgIpc) is 2.69. The number of carbonyl (C=O) groups is 1. The number of hydrogen-bond donors (Lipinski definition) is 0. The van der Waals surface area contributed by atoms with Crippen molar-refractivity contribution in [1.29, 1.82) is 0 Å². The van der Waals surface area contributed by atoms with Crippen molar-refractivity contribution >= 4 is 17.5 Å². The lowest BCUT2D eigenvalue weighted by Crippen LogP contribution is -2.27. The number of nitrogens with zero attached hydrogens (tertiary/aromatic N) is 2. The Bertz CT molecular complexity index is 348. The van der Waals surface area contributed by atoms with Crippen LogP contribution in [0.5, 0.6) is 0 Å². The highest BCUT2D eigenvalue weighted by Crippen LogP contribution is 2.14. The Morgan fingerprint density at radius 2 is 2.14 bits per heavy atom. The molecule has 0 atom stereocenters. The summed E-state index contributed by atoms with van der Waals surface area (Å²) in [6.45, 7) is 1.72. The van der Waals surface area contributed by atoms with Crippen LogP contribution in [0.15, 0.2) is 18.3 Å². The zero-order valence-electron chi connectivity index (χ0n) is 7.74. The fraction of sp³-hybridized carbons (Fsp3) is 0.400. The maximum atomic E-state index is 11.8. The van der Waals surface area contributed by atoms with E-state index >= 15 is 0 Å². The first-order valence-corrected chi connectivity index (χ1v) is 5.06. The molecular formula is C10H11ClN2O. The molecule has 1 aromatic heterocycles. The minimum Gasteiger partial charge on any atom is -0.339 e. The van der Waals surface area contributed by atoms with Crippen LogP contribution in [0.1, 0.15) is 23.2 Å². The largest absolute Gasteiger partial charge is 0.339 e. The van der Waals surface area contributed by atoms with Crippen LogP contribution < -0.4 is 0 Å². The molecule has 74 valence electrons. The van der Waals surface area contributed by atoms with Crippen molar-refractivity contribution in [3.63, 3.8) is 0 Å². The van der Waals surface area contributed by atoms with Crippen LogP contribution in [0.4, 0.5) is 0 Å². The van der Waals surface area contributed by atoms with Gasteiger partial charge in [0.2, 0.25) is 0 Å². The molecule has 14 heavy (non-hydrogen) atoms. The van der Waals surface area contributed by atoms with Crippen molar-refractivity contribution in [2.45, 2.75) is 12.8 Å². The lowest BCUT2D eigenvalue weighted by atomic mass is 10.2. The van der Waals surface area contributed by atoms with E-state index in [4.69, 9.17) is 11.6 Å². The van der Waals surface area contributed by atoms with E-state index in [-0.39, 0.29) is 5.91 Å². The molecule has 0 bridgehead atoms. The molecule has 1 aromatic rings. The molecule has 0 aromatic carbocycles. The molecule has 2 heterocycles. The van der Waals surface area contributed by atoms with Gasteiger partial charge < -0.3 is 4.90 Å². The van der Waals surface area contributed by atoms with E-state index in [0.717, 1.165) is 25.9 Å². The molecule has 1 fully saturated rings. The molecule has 3 nitrogen and oxygen atoms in total.